The Morgan fingerprint density at radius 2 is 1.67 bits per heavy atom. The molecule has 6 heteroatoms. The van der Waals surface area contributed by atoms with Gasteiger partial charge in [-0.2, -0.15) is 0 Å². The minimum atomic E-state index is -1.17. The first-order valence-corrected chi connectivity index (χ1v) is 4.71. The van der Waals surface area contributed by atoms with Gasteiger partial charge in [-0.05, 0) is 0 Å². The summed E-state index contributed by atoms with van der Waals surface area (Å²) in [6.07, 6.45) is -3.99. The van der Waals surface area contributed by atoms with Gasteiger partial charge in [-0.1, -0.05) is 0 Å². The summed E-state index contributed by atoms with van der Waals surface area (Å²) in [6, 6.07) is 0. The van der Waals surface area contributed by atoms with E-state index in [0.29, 0.717) is 0 Å². The fraction of sp³-hybridized carbons (Fsp3) is 1.00. The molecule has 0 radical (unpaired) electrons. The lowest BCUT2D eigenvalue weighted by molar-refractivity contribution is -0.296. The van der Waals surface area contributed by atoms with Crippen molar-refractivity contribution in [2.24, 2.45) is 0 Å². The Hall–Kier alpha value is -0.240. The summed E-state index contributed by atoms with van der Waals surface area (Å²) < 4.78 is 20.2. The van der Waals surface area contributed by atoms with Crippen LogP contribution >= 0.6 is 0 Å². The van der Waals surface area contributed by atoms with Gasteiger partial charge in [0.1, 0.15) is 24.4 Å². The van der Waals surface area contributed by atoms with Crippen molar-refractivity contribution in [3.63, 3.8) is 0 Å². The number of methoxy groups -OCH3 is 3. The molecule has 0 bridgehead atoms. The maximum Gasteiger partial charge on any atom is 0.184 e. The molecule has 5 atom stereocenters. The van der Waals surface area contributed by atoms with Crippen LogP contribution in [0.3, 0.4) is 0 Å². The molecule has 6 nitrogen and oxygen atoms in total. The molecule has 1 aliphatic heterocycles. The predicted molar refractivity (Wildman–Crippen MR) is 50.4 cm³/mol. The maximum absolute atomic E-state index is 9.85. The van der Waals surface area contributed by atoms with E-state index >= 15 is 0 Å². The Morgan fingerprint density at radius 1 is 1.07 bits per heavy atom. The predicted octanol–water partition coefficient (Wildman–Crippen LogP) is -1.26. The molecule has 2 N–H and O–H groups in total. The molecule has 0 aromatic heterocycles. The minimum absolute atomic E-state index is 0.239. The summed E-state index contributed by atoms with van der Waals surface area (Å²) in [5.74, 6) is 0. The van der Waals surface area contributed by atoms with Crippen LogP contribution in [0.5, 0.6) is 0 Å². The van der Waals surface area contributed by atoms with Crippen LogP contribution in [0.15, 0.2) is 0 Å². The van der Waals surface area contributed by atoms with Crippen LogP contribution < -0.4 is 0 Å². The topological polar surface area (TPSA) is 77.4 Å². The largest absolute Gasteiger partial charge is 0.387 e. The summed E-state index contributed by atoms with van der Waals surface area (Å²) >= 11 is 0. The number of hydrogen-bond donors (Lipinski definition) is 2. The molecule has 0 spiro atoms. The van der Waals surface area contributed by atoms with Crippen LogP contribution in [0.4, 0.5) is 0 Å². The molecule has 0 amide bonds. The maximum atomic E-state index is 9.85. The van der Waals surface area contributed by atoms with Gasteiger partial charge in [-0.15, -0.1) is 0 Å². The lowest BCUT2D eigenvalue weighted by atomic mass is 9.99. The number of rotatable bonds is 4. The molecule has 0 aromatic rings. The first-order chi connectivity index (χ1) is 7.15. The van der Waals surface area contributed by atoms with E-state index in [9.17, 15) is 10.2 Å². The van der Waals surface area contributed by atoms with Crippen LogP contribution in [-0.4, -0.2) is 68.9 Å². The van der Waals surface area contributed by atoms with E-state index in [0.717, 1.165) is 0 Å². The molecule has 1 heterocycles. The van der Waals surface area contributed by atoms with E-state index in [1.54, 1.807) is 0 Å². The van der Waals surface area contributed by atoms with E-state index in [1.165, 1.54) is 21.3 Å². The molecular weight excluding hydrogens is 204 g/mol. The Bertz CT molecular complexity index is 185. The zero-order chi connectivity index (χ0) is 11.4. The summed E-state index contributed by atoms with van der Waals surface area (Å²) in [4.78, 5) is 0. The van der Waals surface area contributed by atoms with Crippen LogP contribution in [0.1, 0.15) is 0 Å². The molecular formula is C9H18O6. The van der Waals surface area contributed by atoms with Gasteiger partial charge in [-0.3, -0.25) is 0 Å². The standard InChI is InChI=1S/C9H18O6/c1-12-4-5-7(13-2)6(10)8(14-3)9(11)15-5/h5-11H,4H2,1-3H3. The summed E-state index contributed by atoms with van der Waals surface area (Å²) in [6.45, 7) is 0.239. The highest BCUT2D eigenvalue weighted by Gasteiger charge is 2.45. The van der Waals surface area contributed by atoms with Crippen molar-refractivity contribution >= 4 is 0 Å². The van der Waals surface area contributed by atoms with Gasteiger partial charge in [0.2, 0.25) is 0 Å². The Labute approximate surface area is 88.7 Å². The van der Waals surface area contributed by atoms with Gasteiger partial charge in [0.05, 0.1) is 6.61 Å². The van der Waals surface area contributed by atoms with Gasteiger partial charge in [0.25, 0.3) is 0 Å². The van der Waals surface area contributed by atoms with Crippen molar-refractivity contribution < 1.29 is 29.2 Å². The minimum Gasteiger partial charge on any atom is -0.387 e. The molecule has 1 rings (SSSR count). The molecule has 1 aliphatic rings. The second-order valence-corrected chi connectivity index (χ2v) is 3.41. The highest BCUT2D eigenvalue weighted by molar-refractivity contribution is 4.90. The van der Waals surface area contributed by atoms with E-state index in [1.807, 2.05) is 0 Å². The molecule has 1 fully saturated rings. The average Bonchev–Trinajstić information content (AvgIpc) is 2.19. The lowest BCUT2D eigenvalue weighted by Gasteiger charge is -2.41. The van der Waals surface area contributed by atoms with Crippen molar-refractivity contribution in [1.82, 2.24) is 0 Å². The monoisotopic (exact) mass is 222 g/mol. The molecule has 90 valence electrons. The fourth-order valence-corrected chi connectivity index (χ4v) is 1.75. The average molecular weight is 222 g/mol. The first kappa shape index (κ1) is 12.8. The SMILES string of the molecule is COCC1OC(O)C(OC)C(O)C1OC. The van der Waals surface area contributed by atoms with Gasteiger partial charge in [0, 0.05) is 21.3 Å². The highest BCUT2D eigenvalue weighted by atomic mass is 16.7. The van der Waals surface area contributed by atoms with E-state index < -0.39 is 30.7 Å². The Kier molecular flexibility index (Phi) is 4.91. The van der Waals surface area contributed by atoms with Crippen molar-refractivity contribution in [3.8, 4) is 0 Å². The van der Waals surface area contributed by atoms with Crippen LogP contribution in [-0.2, 0) is 18.9 Å². The van der Waals surface area contributed by atoms with E-state index in [4.69, 9.17) is 18.9 Å². The Balaban J connectivity index is 2.70. The van der Waals surface area contributed by atoms with E-state index in [-0.39, 0.29) is 6.61 Å². The number of aliphatic hydroxyl groups is 2. The number of hydrogen-bond acceptors (Lipinski definition) is 6. The summed E-state index contributed by atoms with van der Waals surface area (Å²) in [7, 11) is 4.37. The van der Waals surface area contributed by atoms with Crippen molar-refractivity contribution in [1.29, 1.82) is 0 Å². The normalized spacial score (nSPS) is 41.8. The van der Waals surface area contributed by atoms with Crippen molar-refractivity contribution in [2.75, 3.05) is 27.9 Å². The number of aliphatic hydroxyl groups excluding tert-OH is 2. The molecule has 1 saturated heterocycles. The first-order valence-electron chi connectivity index (χ1n) is 4.71. The molecule has 0 aromatic carbocycles. The van der Waals surface area contributed by atoms with Gasteiger partial charge < -0.3 is 29.2 Å². The summed E-state index contributed by atoms with van der Waals surface area (Å²) in [5.41, 5.74) is 0. The number of ether oxygens (including phenoxy) is 4. The van der Waals surface area contributed by atoms with Crippen LogP contribution in [0.2, 0.25) is 0 Å². The van der Waals surface area contributed by atoms with E-state index in [2.05, 4.69) is 0 Å². The second-order valence-electron chi connectivity index (χ2n) is 3.41. The smallest absolute Gasteiger partial charge is 0.184 e. The molecule has 0 saturated carbocycles. The lowest BCUT2D eigenvalue weighted by Crippen LogP contribution is -2.59. The third-order valence-corrected chi connectivity index (χ3v) is 2.51. The fourth-order valence-electron chi connectivity index (χ4n) is 1.75. The molecule has 0 aliphatic carbocycles. The zero-order valence-electron chi connectivity index (χ0n) is 9.12. The van der Waals surface area contributed by atoms with Gasteiger partial charge in [0.15, 0.2) is 6.29 Å². The van der Waals surface area contributed by atoms with Gasteiger partial charge in [-0.25, -0.2) is 0 Å². The Morgan fingerprint density at radius 3 is 2.13 bits per heavy atom. The quantitative estimate of drug-likeness (QED) is 0.618. The zero-order valence-corrected chi connectivity index (χ0v) is 9.12. The second kappa shape index (κ2) is 5.74. The third kappa shape index (κ3) is 2.66. The third-order valence-electron chi connectivity index (χ3n) is 2.51. The molecule has 5 unspecified atom stereocenters. The summed E-state index contributed by atoms with van der Waals surface area (Å²) in [5, 5.41) is 19.4. The van der Waals surface area contributed by atoms with Crippen molar-refractivity contribution in [2.45, 2.75) is 30.7 Å². The highest BCUT2D eigenvalue weighted by Crippen LogP contribution is 2.23. The van der Waals surface area contributed by atoms with Crippen LogP contribution in [0, 0.1) is 0 Å². The van der Waals surface area contributed by atoms with Crippen LogP contribution in [0.25, 0.3) is 0 Å². The van der Waals surface area contributed by atoms with Crippen molar-refractivity contribution in [3.05, 3.63) is 0 Å². The molecule has 15 heavy (non-hydrogen) atoms. The van der Waals surface area contributed by atoms with Gasteiger partial charge >= 0.3 is 0 Å².